The predicted octanol–water partition coefficient (Wildman–Crippen LogP) is 19.4. The van der Waals surface area contributed by atoms with Crippen LogP contribution in [0.3, 0.4) is 0 Å². The Labute approximate surface area is 390 Å². The van der Waals surface area contributed by atoms with Gasteiger partial charge in [0.15, 0.2) is 0 Å². The quantitative estimate of drug-likeness (QED) is 0.156. The molecule has 0 atom stereocenters. The zero-order chi connectivity index (χ0) is 45.3. The van der Waals surface area contributed by atoms with Gasteiger partial charge >= 0.3 is 0 Å². The Bertz CT molecular complexity index is 3400. The Hall–Kier alpha value is -7.02. The summed E-state index contributed by atoms with van der Waals surface area (Å²) in [4.78, 5) is 0. The molecular formula is C66H60. The van der Waals surface area contributed by atoms with Crippen LogP contribution in [0.2, 0.25) is 0 Å². The second-order valence-electron chi connectivity index (χ2n) is 18.8. The first-order chi connectivity index (χ1) is 32.2. The van der Waals surface area contributed by atoms with Gasteiger partial charge in [0, 0.05) is 0 Å². The molecule has 0 unspecified atom stereocenters. The summed E-state index contributed by atoms with van der Waals surface area (Å²) in [6, 6.07) is 69.8. The molecule has 0 heterocycles. The van der Waals surface area contributed by atoms with E-state index in [2.05, 4.69) is 224 Å². The fourth-order valence-electron chi connectivity index (χ4n) is 10.0. The van der Waals surface area contributed by atoms with Gasteiger partial charge in [-0.3, -0.25) is 0 Å². The number of hydrogen-bond donors (Lipinski definition) is 0. The number of benzene rings is 9. The van der Waals surface area contributed by atoms with Gasteiger partial charge in [0.05, 0.1) is 0 Å². The van der Waals surface area contributed by atoms with Crippen LogP contribution < -0.4 is 0 Å². The van der Waals surface area contributed by atoms with Crippen LogP contribution in [0.25, 0.3) is 97.0 Å². The Morgan fingerprint density at radius 3 is 0.576 bits per heavy atom. The van der Waals surface area contributed by atoms with E-state index in [9.17, 15) is 0 Å². The summed E-state index contributed by atoms with van der Waals surface area (Å²) in [5.74, 6) is 0. The summed E-state index contributed by atoms with van der Waals surface area (Å²) < 4.78 is 0. The Balaban J connectivity index is 1.26. The summed E-state index contributed by atoms with van der Waals surface area (Å²) in [5.41, 5.74) is 8.22. The second kappa shape index (κ2) is 18.5. The third-order valence-corrected chi connectivity index (χ3v) is 14.4. The molecule has 66 heavy (non-hydrogen) atoms. The molecule has 0 heteroatoms. The molecular weight excluding hydrogens is 793 g/mol. The highest BCUT2D eigenvalue weighted by Gasteiger charge is 2.09. The van der Waals surface area contributed by atoms with Gasteiger partial charge in [-0.15, -0.1) is 0 Å². The van der Waals surface area contributed by atoms with Crippen molar-refractivity contribution < 1.29 is 0 Å². The lowest BCUT2D eigenvalue weighted by Gasteiger charge is -2.13. The van der Waals surface area contributed by atoms with Crippen molar-refractivity contribution >= 4 is 97.0 Å². The SMILES string of the molecule is CCCCc1cc2c3ccc(cc3)c3ccc(cc3)c3cc(C)c(C)cc3c3ccc(cc3)c3ccc(cc3)c3cc(C)c(C)cc3c3ccc(cc3)c3ccc(cc3)c2cc1CCCC. The smallest absolute Gasteiger partial charge is 0.0102 e. The van der Waals surface area contributed by atoms with Crippen LogP contribution in [-0.4, -0.2) is 0 Å². The first kappa shape index (κ1) is 42.9. The molecule has 0 saturated carbocycles. The largest absolute Gasteiger partial charge is 0.0654 e. The van der Waals surface area contributed by atoms with Crippen molar-refractivity contribution in [3.8, 4) is 0 Å². The molecule has 19 rings (SSSR count). The molecule has 0 amide bonds. The number of aryl methyl sites for hydroxylation is 6. The lowest BCUT2D eigenvalue weighted by atomic mass is 9.92. The Kier molecular flexibility index (Phi) is 12.0. The molecule has 0 fully saturated rings. The van der Waals surface area contributed by atoms with Crippen LogP contribution >= 0.6 is 0 Å². The van der Waals surface area contributed by atoms with Gasteiger partial charge in [-0.25, -0.2) is 0 Å². The van der Waals surface area contributed by atoms with Crippen LogP contribution in [0.4, 0.5) is 0 Å². The zero-order valence-corrected chi connectivity index (χ0v) is 39.6. The van der Waals surface area contributed by atoms with Crippen LogP contribution in [0.15, 0.2) is 182 Å². The molecule has 0 N–H and O–H groups in total. The van der Waals surface area contributed by atoms with E-state index in [1.807, 2.05) is 0 Å². The van der Waals surface area contributed by atoms with E-state index in [-0.39, 0.29) is 0 Å². The van der Waals surface area contributed by atoms with Crippen molar-refractivity contribution in [3.63, 3.8) is 0 Å². The van der Waals surface area contributed by atoms with Gasteiger partial charge in [-0.05, 0) is 184 Å². The summed E-state index contributed by atoms with van der Waals surface area (Å²) in [7, 11) is 0. The average molecular weight is 853 g/mol. The maximum Gasteiger partial charge on any atom is -0.0102 e. The number of unbranched alkanes of at least 4 members (excludes halogenated alkanes) is 2. The first-order valence-corrected chi connectivity index (χ1v) is 24.3. The van der Waals surface area contributed by atoms with E-state index in [1.165, 1.54) is 156 Å². The second-order valence-corrected chi connectivity index (χ2v) is 18.8. The summed E-state index contributed by atoms with van der Waals surface area (Å²) in [5, 5.41) is 22.4. The van der Waals surface area contributed by atoms with E-state index in [0.717, 1.165) is 12.8 Å². The molecule has 19 aromatic carbocycles. The fourth-order valence-corrected chi connectivity index (χ4v) is 10.0. The van der Waals surface area contributed by atoms with Gasteiger partial charge in [0.1, 0.15) is 0 Å². The molecule has 0 radical (unpaired) electrons. The fraction of sp³-hybridized carbons (Fsp3) is 0.182. The van der Waals surface area contributed by atoms with Crippen molar-refractivity contribution in [1.82, 2.24) is 0 Å². The first-order valence-electron chi connectivity index (χ1n) is 24.3. The van der Waals surface area contributed by atoms with Crippen molar-refractivity contribution in [3.05, 3.63) is 215 Å². The highest BCUT2D eigenvalue weighted by molar-refractivity contribution is 6.10. The van der Waals surface area contributed by atoms with Crippen molar-refractivity contribution in [2.45, 2.75) is 80.1 Å². The third kappa shape index (κ3) is 8.50. The Morgan fingerprint density at radius 2 is 0.394 bits per heavy atom. The standard InChI is InChI=1S/C66H60/c1-7-9-11-59-41-65-57-33-21-51(22-34-57)49-17-29-55(30-18-49)63-39-45(5)43(3)37-61(63)53-25-13-47(14-26-53)48-15-27-54(28-16-48)62-38-44(4)46(6)40-64(62)56-31-19-50(20-32-56)52-23-35-58(36-24-52)66(65)42-60(59)12-10-8-2/h13-42H,7-12H2,1-6H3. The van der Waals surface area contributed by atoms with Crippen molar-refractivity contribution in [2.75, 3.05) is 0 Å². The van der Waals surface area contributed by atoms with Gasteiger partial charge in [-0.1, -0.05) is 209 Å². The minimum Gasteiger partial charge on any atom is -0.0654 e. The van der Waals surface area contributed by atoms with E-state index in [4.69, 9.17) is 0 Å². The molecule has 0 aliphatic rings. The summed E-state index contributed by atoms with van der Waals surface area (Å²) >= 11 is 0. The maximum atomic E-state index is 2.53. The highest BCUT2D eigenvalue weighted by Crippen LogP contribution is 2.33. The van der Waals surface area contributed by atoms with Gasteiger partial charge in [0.2, 0.25) is 0 Å². The molecule has 0 nitrogen and oxygen atoms in total. The Morgan fingerprint density at radius 1 is 0.227 bits per heavy atom. The predicted molar refractivity (Wildman–Crippen MR) is 293 cm³/mol. The van der Waals surface area contributed by atoms with E-state index < -0.39 is 0 Å². The monoisotopic (exact) mass is 852 g/mol. The van der Waals surface area contributed by atoms with E-state index in [1.54, 1.807) is 0 Å². The average Bonchev–Trinajstić information content (AvgIpc) is 3.36. The molecule has 0 aromatic heterocycles. The maximum absolute atomic E-state index is 2.53. The normalized spacial score (nSPS) is 11.5. The molecule has 0 aliphatic carbocycles. The van der Waals surface area contributed by atoms with Gasteiger partial charge in [-0.2, -0.15) is 0 Å². The molecule has 12 bridgehead atoms. The molecule has 0 saturated heterocycles. The van der Waals surface area contributed by atoms with Crippen molar-refractivity contribution in [2.24, 2.45) is 0 Å². The summed E-state index contributed by atoms with van der Waals surface area (Å²) in [6.45, 7) is 13.5. The zero-order valence-electron chi connectivity index (χ0n) is 39.6. The van der Waals surface area contributed by atoms with E-state index >= 15 is 0 Å². The highest BCUT2D eigenvalue weighted by atomic mass is 14.1. The lowest BCUT2D eigenvalue weighted by molar-refractivity contribution is 0.759. The molecule has 0 aliphatic heterocycles. The number of hydrogen-bond acceptors (Lipinski definition) is 0. The van der Waals surface area contributed by atoms with Crippen molar-refractivity contribution in [1.29, 1.82) is 0 Å². The summed E-state index contributed by atoms with van der Waals surface area (Å²) in [6.07, 6.45) is 7.02. The third-order valence-electron chi connectivity index (χ3n) is 14.4. The lowest BCUT2D eigenvalue weighted by Crippen LogP contribution is -1.96. The topological polar surface area (TPSA) is 0 Å². The molecule has 19 aromatic rings. The molecule has 0 spiro atoms. The molecule has 324 valence electrons. The van der Waals surface area contributed by atoms with Crippen LogP contribution in [0, 0.1) is 27.7 Å². The number of rotatable bonds is 6. The van der Waals surface area contributed by atoms with Crippen LogP contribution in [-0.2, 0) is 12.8 Å². The van der Waals surface area contributed by atoms with Gasteiger partial charge < -0.3 is 0 Å². The minimum absolute atomic E-state index is 1.12. The van der Waals surface area contributed by atoms with Gasteiger partial charge in [0.25, 0.3) is 0 Å². The van der Waals surface area contributed by atoms with Crippen LogP contribution in [0.1, 0.15) is 72.9 Å². The minimum atomic E-state index is 1.12. The van der Waals surface area contributed by atoms with E-state index in [0.29, 0.717) is 0 Å². The van der Waals surface area contributed by atoms with Crippen LogP contribution in [0.5, 0.6) is 0 Å².